The van der Waals surface area contributed by atoms with Gasteiger partial charge < -0.3 is 9.84 Å². The van der Waals surface area contributed by atoms with Crippen LogP contribution in [0.4, 0.5) is 0 Å². The summed E-state index contributed by atoms with van der Waals surface area (Å²) in [5, 5.41) is 11.3. The van der Waals surface area contributed by atoms with Crippen molar-refractivity contribution in [2.45, 2.75) is 51.7 Å². The van der Waals surface area contributed by atoms with E-state index in [1.807, 2.05) is 31.2 Å². The number of para-hydroxylation sites is 1. The molecule has 1 aliphatic rings. The molecule has 3 rings (SSSR count). The van der Waals surface area contributed by atoms with Gasteiger partial charge >= 0.3 is 0 Å². The van der Waals surface area contributed by atoms with Crippen molar-refractivity contribution in [3.05, 3.63) is 36.0 Å². The highest BCUT2D eigenvalue weighted by Gasteiger charge is 2.30. The molecule has 3 atom stereocenters. The Bertz CT molecular complexity index is 626. The SMILES string of the molecule is CCC1CCC(O)C(Oc2cccc3ccc(C)nc23)C1. The quantitative estimate of drug-likeness (QED) is 0.931. The Balaban J connectivity index is 1.88. The molecule has 1 saturated carbocycles. The molecule has 1 heterocycles. The molecule has 1 aromatic carbocycles. The standard InChI is InChI=1S/C18H23NO2/c1-3-13-8-10-15(20)17(11-13)21-16-6-4-5-14-9-7-12(2)19-18(14)16/h4-7,9,13,15,17,20H,3,8,10-11H2,1-2H3. The van der Waals surface area contributed by atoms with E-state index >= 15 is 0 Å². The Morgan fingerprint density at radius 1 is 1.24 bits per heavy atom. The van der Waals surface area contributed by atoms with Crippen LogP contribution in [0.2, 0.25) is 0 Å². The lowest BCUT2D eigenvalue weighted by atomic mass is 9.84. The Labute approximate surface area is 126 Å². The topological polar surface area (TPSA) is 42.4 Å². The monoisotopic (exact) mass is 285 g/mol. The highest BCUT2D eigenvalue weighted by Crippen LogP contribution is 2.32. The molecule has 2 aromatic rings. The molecule has 3 heteroatoms. The fourth-order valence-electron chi connectivity index (χ4n) is 3.17. The minimum atomic E-state index is -0.368. The smallest absolute Gasteiger partial charge is 0.146 e. The van der Waals surface area contributed by atoms with Gasteiger partial charge in [-0.15, -0.1) is 0 Å². The van der Waals surface area contributed by atoms with E-state index in [2.05, 4.69) is 18.0 Å². The summed E-state index contributed by atoms with van der Waals surface area (Å²) < 4.78 is 6.16. The highest BCUT2D eigenvalue weighted by molar-refractivity contribution is 5.84. The van der Waals surface area contributed by atoms with Crippen molar-refractivity contribution in [3.8, 4) is 5.75 Å². The van der Waals surface area contributed by atoms with Crippen LogP contribution in [0.3, 0.4) is 0 Å². The van der Waals surface area contributed by atoms with Gasteiger partial charge in [0.15, 0.2) is 0 Å². The van der Waals surface area contributed by atoms with E-state index in [4.69, 9.17) is 4.74 Å². The second-order valence-electron chi connectivity index (χ2n) is 6.09. The Morgan fingerprint density at radius 2 is 2.10 bits per heavy atom. The summed E-state index contributed by atoms with van der Waals surface area (Å²) in [4.78, 5) is 4.60. The number of aliphatic hydroxyl groups is 1. The van der Waals surface area contributed by atoms with Crippen LogP contribution in [0, 0.1) is 12.8 Å². The summed E-state index contributed by atoms with van der Waals surface area (Å²) in [5.41, 5.74) is 1.87. The van der Waals surface area contributed by atoms with E-state index in [0.717, 1.165) is 48.0 Å². The molecule has 3 nitrogen and oxygen atoms in total. The Morgan fingerprint density at radius 3 is 2.90 bits per heavy atom. The van der Waals surface area contributed by atoms with Crippen molar-refractivity contribution in [2.75, 3.05) is 0 Å². The number of pyridine rings is 1. The highest BCUT2D eigenvalue weighted by atomic mass is 16.5. The van der Waals surface area contributed by atoms with Crippen molar-refractivity contribution in [3.63, 3.8) is 0 Å². The van der Waals surface area contributed by atoms with Crippen LogP contribution in [0.25, 0.3) is 10.9 Å². The fourth-order valence-corrected chi connectivity index (χ4v) is 3.17. The maximum absolute atomic E-state index is 10.2. The summed E-state index contributed by atoms with van der Waals surface area (Å²) in [6.45, 7) is 4.20. The number of ether oxygens (including phenoxy) is 1. The van der Waals surface area contributed by atoms with Gasteiger partial charge in [-0.1, -0.05) is 31.5 Å². The molecule has 0 saturated heterocycles. The van der Waals surface area contributed by atoms with Crippen LogP contribution >= 0.6 is 0 Å². The minimum absolute atomic E-state index is 0.114. The van der Waals surface area contributed by atoms with Crippen LogP contribution < -0.4 is 4.74 Å². The number of benzene rings is 1. The van der Waals surface area contributed by atoms with Gasteiger partial charge in [0.25, 0.3) is 0 Å². The Hall–Kier alpha value is -1.61. The second kappa shape index (κ2) is 6.02. The lowest BCUT2D eigenvalue weighted by Gasteiger charge is -2.33. The largest absolute Gasteiger partial charge is 0.485 e. The predicted molar refractivity (Wildman–Crippen MR) is 84.5 cm³/mol. The number of nitrogens with zero attached hydrogens (tertiary/aromatic N) is 1. The number of hydrogen-bond acceptors (Lipinski definition) is 3. The first-order valence-corrected chi connectivity index (χ1v) is 7.88. The molecule has 0 spiro atoms. The van der Waals surface area contributed by atoms with Crippen LogP contribution in [-0.4, -0.2) is 22.3 Å². The summed E-state index contributed by atoms with van der Waals surface area (Å²) >= 11 is 0. The number of aliphatic hydroxyl groups excluding tert-OH is 1. The van der Waals surface area contributed by atoms with Crippen molar-refractivity contribution in [1.29, 1.82) is 0 Å². The van der Waals surface area contributed by atoms with Gasteiger partial charge in [-0.2, -0.15) is 0 Å². The van der Waals surface area contributed by atoms with E-state index in [1.54, 1.807) is 0 Å². The molecule has 1 aromatic heterocycles. The third-order valence-electron chi connectivity index (χ3n) is 4.54. The number of hydrogen-bond donors (Lipinski definition) is 1. The van der Waals surface area contributed by atoms with Gasteiger partial charge in [-0.3, -0.25) is 0 Å². The normalized spacial score (nSPS) is 26.0. The molecule has 1 fully saturated rings. The molecule has 0 amide bonds. The van der Waals surface area contributed by atoms with Gasteiger partial charge in [0, 0.05) is 11.1 Å². The maximum atomic E-state index is 10.2. The molecular weight excluding hydrogens is 262 g/mol. The number of fused-ring (bicyclic) bond motifs is 1. The zero-order valence-corrected chi connectivity index (χ0v) is 12.7. The lowest BCUT2D eigenvalue weighted by molar-refractivity contribution is -0.0102. The van der Waals surface area contributed by atoms with Crippen LogP contribution in [-0.2, 0) is 0 Å². The van der Waals surface area contributed by atoms with Gasteiger partial charge in [-0.25, -0.2) is 4.98 Å². The molecule has 112 valence electrons. The van der Waals surface area contributed by atoms with E-state index in [1.165, 1.54) is 0 Å². The van der Waals surface area contributed by atoms with E-state index in [9.17, 15) is 5.11 Å². The first kappa shape index (κ1) is 14.3. The number of aromatic nitrogens is 1. The second-order valence-corrected chi connectivity index (χ2v) is 6.09. The first-order chi connectivity index (χ1) is 10.2. The summed E-state index contributed by atoms with van der Waals surface area (Å²) in [7, 11) is 0. The summed E-state index contributed by atoms with van der Waals surface area (Å²) in [6, 6.07) is 10.1. The van der Waals surface area contributed by atoms with Crippen LogP contribution in [0.1, 0.15) is 38.3 Å². The molecule has 0 bridgehead atoms. The number of rotatable bonds is 3. The number of aryl methyl sites for hydroxylation is 1. The third kappa shape index (κ3) is 3.03. The zero-order chi connectivity index (χ0) is 14.8. The maximum Gasteiger partial charge on any atom is 0.146 e. The molecule has 1 aliphatic carbocycles. The lowest BCUT2D eigenvalue weighted by Crippen LogP contribution is -2.38. The van der Waals surface area contributed by atoms with Crippen molar-refractivity contribution in [2.24, 2.45) is 5.92 Å². The molecular formula is C18H23NO2. The van der Waals surface area contributed by atoms with Crippen LogP contribution in [0.5, 0.6) is 5.75 Å². The van der Waals surface area contributed by atoms with Gasteiger partial charge in [-0.05, 0) is 44.2 Å². The average Bonchev–Trinajstić information content (AvgIpc) is 2.50. The van der Waals surface area contributed by atoms with E-state index in [-0.39, 0.29) is 12.2 Å². The Kier molecular flexibility index (Phi) is 4.11. The molecule has 0 aliphatic heterocycles. The zero-order valence-electron chi connectivity index (χ0n) is 12.7. The van der Waals surface area contributed by atoms with Crippen molar-refractivity contribution < 1.29 is 9.84 Å². The van der Waals surface area contributed by atoms with Gasteiger partial charge in [0.05, 0.1) is 6.10 Å². The minimum Gasteiger partial charge on any atom is -0.485 e. The van der Waals surface area contributed by atoms with E-state index in [0.29, 0.717) is 5.92 Å². The van der Waals surface area contributed by atoms with E-state index < -0.39 is 0 Å². The van der Waals surface area contributed by atoms with Gasteiger partial charge in [0.2, 0.25) is 0 Å². The van der Waals surface area contributed by atoms with Crippen molar-refractivity contribution >= 4 is 10.9 Å². The first-order valence-electron chi connectivity index (χ1n) is 7.88. The summed E-state index contributed by atoms with van der Waals surface area (Å²) in [5.74, 6) is 1.44. The molecule has 0 radical (unpaired) electrons. The summed E-state index contributed by atoms with van der Waals surface area (Å²) in [6.07, 6.45) is 3.54. The molecule has 21 heavy (non-hydrogen) atoms. The van der Waals surface area contributed by atoms with Gasteiger partial charge in [0.1, 0.15) is 17.4 Å². The third-order valence-corrected chi connectivity index (χ3v) is 4.54. The molecule has 3 unspecified atom stereocenters. The fraction of sp³-hybridized carbons (Fsp3) is 0.500. The average molecular weight is 285 g/mol. The predicted octanol–water partition coefficient (Wildman–Crippen LogP) is 3.86. The van der Waals surface area contributed by atoms with Crippen LogP contribution in [0.15, 0.2) is 30.3 Å². The van der Waals surface area contributed by atoms with Crippen molar-refractivity contribution in [1.82, 2.24) is 4.98 Å². The molecule has 1 N–H and O–H groups in total.